The summed E-state index contributed by atoms with van der Waals surface area (Å²) in [5.74, 6) is 0.240. The Morgan fingerprint density at radius 2 is 1.76 bits per heavy atom. The van der Waals surface area contributed by atoms with E-state index in [1.807, 2.05) is 12.1 Å². The van der Waals surface area contributed by atoms with E-state index in [0.29, 0.717) is 18.8 Å². The van der Waals surface area contributed by atoms with E-state index in [-0.39, 0.29) is 29.4 Å². The van der Waals surface area contributed by atoms with Crippen molar-refractivity contribution in [1.29, 1.82) is 0 Å². The number of benzene rings is 2. The van der Waals surface area contributed by atoms with Crippen LogP contribution in [-0.4, -0.2) is 52.1 Å². The fourth-order valence-corrected chi connectivity index (χ4v) is 4.94. The van der Waals surface area contributed by atoms with Crippen LogP contribution in [0.5, 0.6) is 11.5 Å². The second-order valence-electron chi connectivity index (χ2n) is 6.42. The van der Waals surface area contributed by atoms with E-state index >= 15 is 0 Å². The Morgan fingerprint density at radius 3 is 2.41 bits per heavy atom. The zero-order chi connectivity index (χ0) is 20.9. The smallest absolute Gasteiger partial charge is 0.338 e. The topological polar surface area (TPSA) is 82.1 Å². The Kier molecular flexibility index (Phi) is 7.15. The molecular formula is C20H22BrNO6S. The summed E-state index contributed by atoms with van der Waals surface area (Å²) in [5.41, 5.74) is 0.146. The lowest BCUT2D eigenvalue weighted by Crippen LogP contribution is -2.28. The number of nitrogens with zero attached hydrogens (tertiary/aromatic N) is 1. The lowest BCUT2D eigenvalue weighted by molar-refractivity contribution is 0.0450. The number of carbonyl (C=O) groups is 1. The molecule has 0 amide bonds. The van der Waals surface area contributed by atoms with Crippen LogP contribution in [0.4, 0.5) is 0 Å². The van der Waals surface area contributed by atoms with E-state index in [0.717, 1.165) is 17.3 Å². The Balaban J connectivity index is 1.65. The van der Waals surface area contributed by atoms with Crippen molar-refractivity contribution in [2.75, 3.05) is 33.4 Å². The van der Waals surface area contributed by atoms with Gasteiger partial charge >= 0.3 is 5.97 Å². The quantitative estimate of drug-likeness (QED) is 0.422. The number of ether oxygens (including phenoxy) is 3. The van der Waals surface area contributed by atoms with Gasteiger partial charge in [-0.15, -0.1) is 0 Å². The molecule has 29 heavy (non-hydrogen) atoms. The summed E-state index contributed by atoms with van der Waals surface area (Å²) in [6.07, 6.45) is 1.64. The molecule has 0 bridgehead atoms. The molecule has 156 valence electrons. The average Bonchev–Trinajstić information content (AvgIpc) is 3.27. The molecule has 0 aromatic heterocycles. The highest BCUT2D eigenvalue weighted by atomic mass is 79.9. The maximum atomic E-state index is 12.9. The van der Waals surface area contributed by atoms with Crippen molar-refractivity contribution in [3.63, 3.8) is 0 Å². The molecule has 7 nitrogen and oxygen atoms in total. The molecule has 0 unspecified atom stereocenters. The molecule has 0 aliphatic carbocycles. The van der Waals surface area contributed by atoms with Gasteiger partial charge in [-0.05, 0) is 55.3 Å². The third-order valence-electron chi connectivity index (χ3n) is 4.48. The summed E-state index contributed by atoms with van der Waals surface area (Å²) >= 11 is 3.34. The van der Waals surface area contributed by atoms with Gasteiger partial charge in [-0.2, -0.15) is 4.31 Å². The average molecular weight is 484 g/mol. The van der Waals surface area contributed by atoms with Gasteiger partial charge in [0.2, 0.25) is 10.0 Å². The van der Waals surface area contributed by atoms with Crippen LogP contribution >= 0.6 is 15.9 Å². The number of hydrogen-bond donors (Lipinski definition) is 0. The highest BCUT2D eigenvalue weighted by Gasteiger charge is 2.30. The van der Waals surface area contributed by atoms with Crippen LogP contribution in [0.15, 0.2) is 51.8 Å². The molecule has 1 fully saturated rings. The first-order chi connectivity index (χ1) is 13.9. The molecule has 0 radical (unpaired) electrons. The highest BCUT2D eigenvalue weighted by molar-refractivity contribution is 9.10. The van der Waals surface area contributed by atoms with Crippen molar-refractivity contribution in [3.05, 3.63) is 52.5 Å². The fourth-order valence-electron chi connectivity index (χ4n) is 2.98. The summed E-state index contributed by atoms with van der Waals surface area (Å²) in [5, 5.41) is 0. The third-order valence-corrected chi connectivity index (χ3v) is 6.93. The van der Waals surface area contributed by atoms with Crippen molar-refractivity contribution in [2.45, 2.75) is 17.7 Å². The van der Waals surface area contributed by atoms with Gasteiger partial charge in [0.25, 0.3) is 0 Å². The van der Waals surface area contributed by atoms with Gasteiger partial charge in [-0.3, -0.25) is 0 Å². The van der Waals surface area contributed by atoms with Gasteiger partial charge in [0.05, 0.1) is 12.7 Å². The van der Waals surface area contributed by atoms with Crippen LogP contribution < -0.4 is 9.47 Å². The minimum atomic E-state index is -3.73. The normalized spacial score (nSPS) is 14.6. The molecule has 2 aromatic carbocycles. The number of esters is 1. The zero-order valence-electron chi connectivity index (χ0n) is 16.0. The maximum Gasteiger partial charge on any atom is 0.338 e. The van der Waals surface area contributed by atoms with Gasteiger partial charge < -0.3 is 14.2 Å². The SMILES string of the molecule is COc1ccc(C(=O)OCCOc2ccc(Br)cc2)cc1S(=O)(=O)N1CCCC1. The molecular weight excluding hydrogens is 462 g/mol. The van der Waals surface area contributed by atoms with Crippen LogP contribution in [-0.2, 0) is 14.8 Å². The van der Waals surface area contributed by atoms with Crippen LogP contribution in [0, 0.1) is 0 Å². The van der Waals surface area contributed by atoms with E-state index in [1.54, 1.807) is 12.1 Å². The van der Waals surface area contributed by atoms with Gasteiger partial charge in [0.1, 0.15) is 29.6 Å². The van der Waals surface area contributed by atoms with Gasteiger partial charge in [0, 0.05) is 17.6 Å². The number of sulfonamides is 1. The summed E-state index contributed by atoms with van der Waals surface area (Å²) in [6.45, 7) is 1.15. The fraction of sp³-hybridized carbons (Fsp3) is 0.350. The van der Waals surface area contributed by atoms with Crippen molar-refractivity contribution in [2.24, 2.45) is 0 Å². The van der Waals surface area contributed by atoms with Crippen molar-refractivity contribution < 1.29 is 27.4 Å². The van der Waals surface area contributed by atoms with Crippen LogP contribution in [0.25, 0.3) is 0 Å². The first-order valence-electron chi connectivity index (χ1n) is 9.15. The predicted molar refractivity (Wildman–Crippen MR) is 111 cm³/mol. The monoisotopic (exact) mass is 483 g/mol. The van der Waals surface area contributed by atoms with E-state index in [9.17, 15) is 13.2 Å². The number of methoxy groups -OCH3 is 1. The van der Waals surface area contributed by atoms with E-state index in [1.165, 1.54) is 29.6 Å². The van der Waals surface area contributed by atoms with Crippen molar-refractivity contribution >= 4 is 31.9 Å². The Morgan fingerprint density at radius 1 is 1.07 bits per heavy atom. The molecule has 0 N–H and O–H groups in total. The first kappa shape index (κ1) is 21.6. The minimum absolute atomic E-state index is 0.0255. The highest BCUT2D eigenvalue weighted by Crippen LogP contribution is 2.30. The molecule has 0 spiro atoms. The largest absolute Gasteiger partial charge is 0.495 e. The minimum Gasteiger partial charge on any atom is -0.495 e. The molecule has 1 heterocycles. The van der Waals surface area contributed by atoms with Gasteiger partial charge in [0.15, 0.2) is 0 Å². The molecule has 1 aliphatic rings. The maximum absolute atomic E-state index is 12.9. The number of halogens is 1. The lowest BCUT2D eigenvalue weighted by Gasteiger charge is -2.18. The second-order valence-corrected chi connectivity index (χ2v) is 9.24. The van der Waals surface area contributed by atoms with E-state index < -0.39 is 16.0 Å². The zero-order valence-corrected chi connectivity index (χ0v) is 18.4. The number of rotatable bonds is 8. The molecule has 2 aromatic rings. The molecule has 1 saturated heterocycles. The van der Waals surface area contributed by atoms with Crippen molar-refractivity contribution in [1.82, 2.24) is 4.31 Å². The predicted octanol–water partition coefficient (Wildman–Crippen LogP) is 3.48. The second kappa shape index (κ2) is 9.60. The Bertz CT molecular complexity index is 955. The molecule has 0 atom stereocenters. The summed E-state index contributed by atoms with van der Waals surface area (Å²) < 4.78 is 44.1. The summed E-state index contributed by atoms with van der Waals surface area (Å²) in [6, 6.07) is 11.6. The Labute approximate surface area is 178 Å². The van der Waals surface area contributed by atoms with Crippen molar-refractivity contribution in [3.8, 4) is 11.5 Å². The van der Waals surface area contributed by atoms with E-state index in [2.05, 4.69) is 15.9 Å². The van der Waals surface area contributed by atoms with Crippen LogP contribution in [0.1, 0.15) is 23.2 Å². The Hall–Kier alpha value is -2.10. The van der Waals surface area contributed by atoms with E-state index in [4.69, 9.17) is 14.2 Å². The molecule has 0 saturated carbocycles. The lowest BCUT2D eigenvalue weighted by atomic mass is 10.2. The molecule has 9 heteroatoms. The standard InChI is InChI=1S/C20H22BrNO6S/c1-26-18-9-4-15(14-19(18)29(24,25)22-10-2-3-11-22)20(23)28-13-12-27-17-7-5-16(21)6-8-17/h4-9,14H,2-3,10-13H2,1H3. The number of carbonyl (C=O) groups excluding carboxylic acids is 1. The third kappa shape index (κ3) is 5.29. The van der Waals surface area contributed by atoms with Crippen LogP contribution in [0.3, 0.4) is 0 Å². The van der Waals surface area contributed by atoms with Crippen LogP contribution in [0.2, 0.25) is 0 Å². The molecule has 1 aliphatic heterocycles. The number of hydrogen-bond acceptors (Lipinski definition) is 6. The van der Waals surface area contributed by atoms with Gasteiger partial charge in [-0.25, -0.2) is 13.2 Å². The van der Waals surface area contributed by atoms with Gasteiger partial charge in [-0.1, -0.05) is 15.9 Å². The first-order valence-corrected chi connectivity index (χ1v) is 11.4. The molecule has 3 rings (SSSR count). The summed E-state index contributed by atoms with van der Waals surface area (Å²) in [4.78, 5) is 12.3. The summed E-state index contributed by atoms with van der Waals surface area (Å²) in [7, 11) is -2.33.